The molecular weight excluding hydrogens is 298 g/mol. The van der Waals surface area contributed by atoms with E-state index in [1.165, 1.54) is 5.69 Å². The van der Waals surface area contributed by atoms with E-state index in [9.17, 15) is 4.79 Å². The summed E-state index contributed by atoms with van der Waals surface area (Å²) in [4.78, 5) is 13.4. The van der Waals surface area contributed by atoms with Gasteiger partial charge in [-0.2, -0.15) is 5.10 Å². The molecule has 0 saturated carbocycles. The monoisotopic (exact) mass is 317 g/mol. The second-order valence-corrected chi connectivity index (χ2v) is 6.03. The predicted octanol–water partition coefficient (Wildman–Crippen LogP) is 2.14. The Hall–Kier alpha value is -1.79. The molecule has 0 atom stereocenters. The van der Waals surface area contributed by atoms with Gasteiger partial charge in [0.05, 0.1) is 31.0 Å². The van der Waals surface area contributed by atoms with Crippen molar-refractivity contribution in [3.8, 4) is 0 Å². The maximum atomic E-state index is 12.4. The van der Waals surface area contributed by atoms with Crippen molar-refractivity contribution in [2.24, 2.45) is 7.05 Å². The van der Waals surface area contributed by atoms with Crippen LogP contribution < -0.4 is 5.32 Å². The summed E-state index contributed by atoms with van der Waals surface area (Å²) in [6.45, 7) is 1.74. The molecule has 0 spiro atoms. The van der Waals surface area contributed by atoms with E-state index in [2.05, 4.69) is 10.4 Å². The molecule has 22 heavy (non-hydrogen) atoms. The van der Waals surface area contributed by atoms with E-state index < -0.39 is 0 Å². The van der Waals surface area contributed by atoms with E-state index in [0.29, 0.717) is 18.7 Å². The Labute approximate surface area is 134 Å². The van der Waals surface area contributed by atoms with Crippen molar-refractivity contribution in [3.63, 3.8) is 0 Å². The van der Waals surface area contributed by atoms with Gasteiger partial charge in [-0.05, 0) is 18.4 Å². The maximum Gasteiger partial charge on any atom is 0.252 e. The van der Waals surface area contributed by atoms with Crippen molar-refractivity contribution in [3.05, 3.63) is 46.8 Å². The lowest BCUT2D eigenvalue weighted by Gasteiger charge is -2.14. The number of carbonyl (C=O) groups excluding carboxylic acids is 1. The standard InChI is InChI=1S/C16H19N3O2S/c1-19-14-7-8-21-10-12(14)13(18-19)9-17-16(20)11-5-3-4-6-15(11)22-2/h3-6H,7-10H2,1-2H3,(H,17,20). The fraction of sp³-hybridized carbons (Fsp3) is 0.375. The van der Waals surface area contributed by atoms with Gasteiger partial charge in [0.25, 0.3) is 5.91 Å². The minimum Gasteiger partial charge on any atom is -0.376 e. The van der Waals surface area contributed by atoms with Gasteiger partial charge in [0.2, 0.25) is 0 Å². The Morgan fingerprint density at radius 1 is 1.45 bits per heavy atom. The van der Waals surface area contributed by atoms with Gasteiger partial charge in [-0.3, -0.25) is 9.48 Å². The zero-order valence-corrected chi connectivity index (χ0v) is 13.6. The van der Waals surface area contributed by atoms with Gasteiger partial charge >= 0.3 is 0 Å². The number of fused-ring (bicyclic) bond motifs is 1. The third-order valence-corrected chi connectivity index (χ3v) is 4.65. The first-order chi connectivity index (χ1) is 10.7. The Morgan fingerprint density at radius 3 is 3.09 bits per heavy atom. The first kappa shape index (κ1) is 15.1. The summed E-state index contributed by atoms with van der Waals surface area (Å²) in [5, 5.41) is 7.49. The molecule has 1 aliphatic rings. The molecule has 0 saturated heterocycles. The zero-order chi connectivity index (χ0) is 15.5. The van der Waals surface area contributed by atoms with Gasteiger partial charge in [0.15, 0.2) is 0 Å². The first-order valence-corrected chi connectivity index (χ1v) is 8.45. The maximum absolute atomic E-state index is 12.4. The highest BCUT2D eigenvalue weighted by atomic mass is 32.2. The summed E-state index contributed by atoms with van der Waals surface area (Å²) in [5.74, 6) is -0.0684. The third-order valence-electron chi connectivity index (χ3n) is 3.86. The molecule has 2 heterocycles. The van der Waals surface area contributed by atoms with Crippen LogP contribution in [-0.2, 0) is 31.4 Å². The lowest BCUT2D eigenvalue weighted by molar-refractivity contribution is 0.0944. The smallest absolute Gasteiger partial charge is 0.252 e. The summed E-state index contributed by atoms with van der Waals surface area (Å²) in [7, 11) is 1.94. The summed E-state index contributed by atoms with van der Waals surface area (Å²) >= 11 is 1.57. The fourth-order valence-electron chi connectivity index (χ4n) is 2.72. The Kier molecular flexibility index (Phi) is 4.49. The molecular formula is C16H19N3O2S. The molecule has 0 bridgehead atoms. The summed E-state index contributed by atoms with van der Waals surface area (Å²) in [5.41, 5.74) is 3.93. The number of rotatable bonds is 4. The van der Waals surface area contributed by atoms with E-state index in [0.717, 1.165) is 29.2 Å². The quantitative estimate of drug-likeness (QED) is 0.878. The van der Waals surface area contributed by atoms with Gasteiger partial charge in [-0.1, -0.05) is 12.1 Å². The first-order valence-electron chi connectivity index (χ1n) is 7.23. The van der Waals surface area contributed by atoms with Crippen LogP contribution in [0.1, 0.15) is 27.3 Å². The molecule has 5 nitrogen and oxygen atoms in total. The van der Waals surface area contributed by atoms with Gasteiger partial charge < -0.3 is 10.1 Å². The van der Waals surface area contributed by atoms with Gasteiger partial charge in [-0.15, -0.1) is 11.8 Å². The van der Waals surface area contributed by atoms with Crippen molar-refractivity contribution in [2.75, 3.05) is 12.9 Å². The number of ether oxygens (including phenoxy) is 1. The summed E-state index contributed by atoms with van der Waals surface area (Å²) in [6, 6.07) is 7.62. The minimum absolute atomic E-state index is 0.0684. The van der Waals surface area contributed by atoms with Crippen molar-refractivity contribution < 1.29 is 9.53 Å². The number of benzene rings is 1. The Morgan fingerprint density at radius 2 is 2.27 bits per heavy atom. The molecule has 1 N–H and O–H groups in total. The Balaban J connectivity index is 1.74. The molecule has 0 aliphatic carbocycles. The number of nitrogens with one attached hydrogen (secondary N) is 1. The Bertz CT molecular complexity index is 697. The van der Waals surface area contributed by atoms with Crippen LogP contribution in [-0.4, -0.2) is 28.6 Å². The van der Waals surface area contributed by atoms with Crippen LogP contribution in [0, 0.1) is 0 Å². The molecule has 116 valence electrons. The molecule has 1 aromatic heterocycles. The largest absolute Gasteiger partial charge is 0.376 e. The van der Waals surface area contributed by atoms with Gasteiger partial charge in [0.1, 0.15) is 0 Å². The number of amides is 1. The molecule has 2 aromatic rings. The molecule has 0 radical (unpaired) electrons. The summed E-state index contributed by atoms with van der Waals surface area (Å²) in [6.07, 6.45) is 2.85. The number of hydrogen-bond acceptors (Lipinski definition) is 4. The molecule has 1 amide bonds. The van der Waals surface area contributed by atoms with Crippen LogP contribution in [0.3, 0.4) is 0 Å². The van der Waals surface area contributed by atoms with E-state index in [-0.39, 0.29) is 5.91 Å². The highest BCUT2D eigenvalue weighted by Crippen LogP contribution is 2.21. The zero-order valence-electron chi connectivity index (χ0n) is 12.8. The fourth-order valence-corrected chi connectivity index (χ4v) is 3.31. The molecule has 0 fully saturated rings. The van der Waals surface area contributed by atoms with Crippen molar-refractivity contribution >= 4 is 17.7 Å². The second kappa shape index (κ2) is 6.54. The predicted molar refractivity (Wildman–Crippen MR) is 86.0 cm³/mol. The SMILES string of the molecule is CSc1ccccc1C(=O)NCc1nn(C)c2c1COCC2. The number of nitrogens with zero attached hydrogens (tertiary/aromatic N) is 2. The lowest BCUT2D eigenvalue weighted by atomic mass is 10.1. The van der Waals surface area contributed by atoms with E-state index >= 15 is 0 Å². The van der Waals surface area contributed by atoms with E-state index in [4.69, 9.17) is 4.74 Å². The van der Waals surface area contributed by atoms with Crippen molar-refractivity contribution in [1.82, 2.24) is 15.1 Å². The van der Waals surface area contributed by atoms with Crippen molar-refractivity contribution in [1.29, 1.82) is 0 Å². The van der Waals surface area contributed by atoms with Crippen LogP contribution in [0.15, 0.2) is 29.2 Å². The highest BCUT2D eigenvalue weighted by molar-refractivity contribution is 7.98. The normalized spacial score (nSPS) is 13.7. The number of thioether (sulfide) groups is 1. The number of aromatic nitrogens is 2. The van der Waals surface area contributed by atoms with Gasteiger partial charge in [0, 0.05) is 29.6 Å². The van der Waals surface area contributed by atoms with E-state index in [1.54, 1.807) is 11.8 Å². The van der Waals surface area contributed by atoms with Crippen LogP contribution in [0.2, 0.25) is 0 Å². The number of aryl methyl sites for hydroxylation is 1. The van der Waals surface area contributed by atoms with Gasteiger partial charge in [-0.25, -0.2) is 0 Å². The average molecular weight is 317 g/mol. The second-order valence-electron chi connectivity index (χ2n) is 5.18. The van der Waals surface area contributed by atoms with Crippen LogP contribution in [0.25, 0.3) is 0 Å². The minimum atomic E-state index is -0.0684. The molecule has 1 aromatic carbocycles. The molecule has 6 heteroatoms. The topological polar surface area (TPSA) is 56.2 Å². The number of hydrogen-bond donors (Lipinski definition) is 1. The highest BCUT2D eigenvalue weighted by Gasteiger charge is 2.20. The van der Waals surface area contributed by atoms with E-state index in [1.807, 2.05) is 42.3 Å². The van der Waals surface area contributed by atoms with Crippen LogP contribution >= 0.6 is 11.8 Å². The molecule has 0 unspecified atom stereocenters. The van der Waals surface area contributed by atoms with Crippen molar-refractivity contribution in [2.45, 2.75) is 24.5 Å². The number of carbonyl (C=O) groups is 1. The van der Waals surface area contributed by atoms with Crippen LogP contribution in [0.4, 0.5) is 0 Å². The summed E-state index contributed by atoms with van der Waals surface area (Å²) < 4.78 is 7.41. The molecule has 3 rings (SSSR count). The lowest BCUT2D eigenvalue weighted by Crippen LogP contribution is -2.24. The third kappa shape index (κ3) is 2.89. The molecule has 1 aliphatic heterocycles. The average Bonchev–Trinajstić information content (AvgIpc) is 2.89. The van der Waals surface area contributed by atoms with Crippen LogP contribution in [0.5, 0.6) is 0 Å².